The predicted molar refractivity (Wildman–Crippen MR) is 69.9 cm³/mol. The summed E-state index contributed by atoms with van der Waals surface area (Å²) in [5, 5.41) is 0. The Morgan fingerprint density at radius 1 is 1.00 bits per heavy atom. The molecule has 0 saturated heterocycles. The molecule has 0 aliphatic carbocycles. The van der Waals surface area contributed by atoms with Gasteiger partial charge in [0, 0.05) is 6.42 Å². The Morgan fingerprint density at radius 2 is 1.50 bits per heavy atom. The standard InChI is InChI=1S/C12H25NO2.ClH/c1-2-15-12(14)10-8-6-4-3-5-7-9-11-13;/h2-11,13H2,1H3;1H. The summed E-state index contributed by atoms with van der Waals surface area (Å²) < 4.78 is 4.85. The number of nitrogens with two attached hydrogens (primary N) is 1. The number of esters is 1. The minimum absolute atomic E-state index is 0. The minimum Gasteiger partial charge on any atom is -0.466 e. The zero-order chi connectivity index (χ0) is 11.4. The number of halogens is 1. The maximum absolute atomic E-state index is 11.0. The van der Waals surface area contributed by atoms with E-state index in [0.29, 0.717) is 13.0 Å². The molecule has 0 spiro atoms. The molecule has 0 radical (unpaired) electrons. The third kappa shape index (κ3) is 13.7. The van der Waals surface area contributed by atoms with Crippen LogP contribution in [0.2, 0.25) is 0 Å². The van der Waals surface area contributed by atoms with Crippen LogP contribution in [-0.4, -0.2) is 19.1 Å². The molecule has 0 saturated carbocycles. The first-order valence-electron chi connectivity index (χ1n) is 6.17. The van der Waals surface area contributed by atoms with Gasteiger partial charge in [-0.1, -0.05) is 32.1 Å². The quantitative estimate of drug-likeness (QED) is 0.480. The number of ether oxygens (including phenoxy) is 1. The van der Waals surface area contributed by atoms with Gasteiger partial charge in [0.05, 0.1) is 6.61 Å². The first-order chi connectivity index (χ1) is 7.31. The second-order valence-corrected chi connectivity index (χ2v) is 3.82. The summed E-state index contributed by atoms with van der Waals surface area (Å²) in [6.07, 6.45) is 8.84. The van der Waals surface area contributed by atoms with Crippen molar-refractivity contribution in [2.75, 3.05) is 13.2 Å². The van der Waals surface area contributed by atoms with Gasteiger partial charge in [0.15, 0.2) is 0 Å². The van der Waals surface area contributed by atoms with Gasteiger partial charge in [0.1, 0.15) is 0 Å². The van der Waals surface area contributed by atoms with Crippen molar-refractivity contribution in [3.05, 3.63) is 0 Å². The number of hydrogen-bond donors (Lipinski definition) is 1. The molecule has 16 heavy (non-hydrogen) atoms. The lowest BCUT2D eigenvalue weighted by atomic mass is 10.1. The van der Waals surface area contributed by atoms with E-state index in [9.17, 15) is 4.79 Å². The van der Waals surface area contributed by atoms with Crippen LogP contribution in [0.25, 0.3) is 0 Å². The lowest BCUT2D eigenvalue weighted by Gasteiger charge is -2.02. The van der Waals surface area contributed by atoms with Crippen LogP contribution in [0, 0.1) is 0 Å². The Morgan fingerprint density at radius 3 is 2.00 bits per heavy atom. The van der Waals surface area contributed by atoms with E-state index >= 15 is 0 Å². The van der Waals surface area contributed by atoms with Gasteiger partial charge in [0.2, 0.25) is 0 Å². The fraction of sp³-hybridized carbons (Fsp3) is 0.917. The zero-order valence-electron chi connectivity index (χ0n) is 10.4. The molecule has 0 aromatic heterocycles. The van der Waals surface area contributed by atoms with Gasteiger partial charge in [0.25, 0.3) is 0 Å². The Hall–Kier alpha value is -0.280. The van der Waals surface area contributed by atoms with Crippen molar-refractivity contribution in [3.63, 3.8) is 0 Å². The van der Waals surface area contributed by atoms with Crippen LogP contribution in [-0.2, 0) is 9.53 Å². The van der Waals surface area contributed by atoms with Gasteiger partial charge in [-0.2, -0.15) is 0 Å². The minimum atomic E-state index is -0.0550. The number of unbranched alkanes of at least 4 members (excludes halogenated alkanes) is 6. The van der Waals surface area contributed by atoms with E-state index in [0.717, 1.165) is 25.8 Å². The third-order valence-electron chi connectivity index (χ3n) is 2.39. The Kier molecular flexibility index (Phi) is 16.6. The molecule has 98 valence electrons. The molecule has 0 aromatic carbocycles. The topological polar surface area (TPSA) is 52.3 Å². The van der Waals surface area contributed by atoms with Crippen molar-refractivity contribution < 1.29 is 9.53 Å². The van der Waals surface area contributed by atoms with Crippen molar-refractivity contribution in [1.29, 1.82) is 0 Å². The molecule has 0 bridgehead atoms. The third-order valence-corrected chi connectivity index (χ3v) is 2.39. The van der Waals surface area contributed by atoms with Gasteiger partial charge in [-0.25, -0.2) is 0 Å². The fourth-order valence-corrected chi connectivity index (χ4v) is 1.53. The number of carbonyl (C=O) groups excluding carboxylic acids is 1. The summed E-state index contributed by atoms with van der Waals surface area (Å²) >= 11 is 0. The average molecular weight is 252 g/mol. The normalized spacial score (nSPS) is 9.62. The van der Waals surface area contributed by atoms with Gasteiger partial charge >= 0.3 is 5.97 Å². The van der Waals surface area contributed by atoms with E-state index in [-0.39, 0.29) is 18.4 Å². The van der Waals surface area contributed by atoms with Crippen molar-refractivity contribution >= 4 is 18.4 Å². The summed E-state index contributed by atoms with van der Waals surface area (Å²) in [6, 6.07) is 0. The number of hydrogen-bond acceptors (Lipinski definition) is 3. The molecule has 4 heteroatoms. The maximum atomic E-state index is 11.0. The van der Waals surface area contributed by atoms with Crippen LogP contribution in [0.5, 0.6) is 0 Å². The molecule has 2 N–H and O–H groups in total. The van der Waals surface area contributed by atoms with Crippen molar-refractivity contribution in [2.45, 2.75) is 58.3 Å². The number of carbonyl (C=O) groups is 1. The molecule has 0 aliphatic rings. The predicted octanol–water partition coefficient (Wildman–Crippen LogP) is 3.05. The highest BCUT2D eigenvalue weighted by atomic mass is 35.5. The first kappa shape index (κ1) is 18.1. The van der Waals surface area contributed by atoms with E-state index in [4.69, 9.17) is 10.5 Å². The molecule has 0 heterocycles. The monoisotopic (exact) mass is 251 g/mol. The van der Waals surface area contributed by atoms with E-state index in [2.05, 4.69) is 0 Å². The van der Waals surface area contributed by atoms with Crippen LogP contribution in [0.15, 0.2) is 0 Å². The van der Waals surface area contributed by atoms with E-state index in [1.165, 1.54) is 25.7 Å². The smallest absolute Gasteiger partial charge is 0.305 e. The molecule has 0 aliphatic heterocycles. The summed E-state index contributed by atoms with van der Waals surface area (Å²) in [6.45, 7) is 3.15. The molecule has 0 rings (SSSR count). The summed E-state index contributed by atoms with van der Waals surface area (Å²) in [5.74, 6) is -0.0550. The largest absolute Gasteiger partial charge is 0.466 e. The zero-order valence-corrected chi connectivity index (χ0v) is 11.2. The molecular weight excluding hydrogens is 226 g/mol. The molecule has 3 nitrogen and oxygen atoms in total. The molecule has 0 atom stereocenters. The molecule has 0 aromatic rings. The number of rotatable bonds is 10. The van der Waals surface area contributed by atoms with E-state index in [1.54, 1.807) is 0 Å². The van der Waals surface area contributed by atoms with Crippen molar-refractivity contribution in [1.82, 2.24) is 0 Å². The Bertz CT molecular complexity index is 154. The highest BCUT2D eigenvalue weighted by molar-refractivity contribution is 5.85. The second kappa shape index (κ2) is 14.7. The average Bonchev–Trinajstić information content (AvgIpc) is 2.22. The van der Waals surface area contributed by atoms with Crippen LogP contribution >= 0.6 is 12.4 Å². The molecule has 0 unspecified atom stereocenters. The molecule has 0 fully saturated rings. The highest BCUT2D eigenvalue weighted by Gasteiger charge is 2.00. The summed E-state index contributed by atoms with van der Waals surface area (Å²) in [7, 11) is 0. The highest BCUT2D eigenvalue weighted by Crippen LogP contribution is 2.08. The lowest BCUT2D eigenvalue weighted by Crippen LogP contribution is -2.03. The van der Waals surface area contributed by atoms with Gasteiger partial charge < -0.3 is 10.5 Å². The Balaban J connectivity index is 0. The SMILES string of the molecule is CCOC(=O)CCCCCCCCCN.Cl. The molecule has 0 amide bonds. The van der Waals surface area contributed by atoms with Crippen LogP contribution in [0.1, 0.15) is 58.3 Å². The van der Waals surface area contributed by atoms with Crippen molar-refractivity contribution in [2.24, 2.45) is 5.73 Å². The van der Waals surface area contributed by atoms with Crippen molar-refractivity contribution in [3.8, 4) is 0 Å². The summed E-state index contributed by atoms with van der Waals surface area (Å²) in [4.78, 5) is 11.0. The van der Waals surface area contributed by atoms with Gasteiger partial charge in [-0.3, -0.25) is 4.79 Å². The van der Waals surface area contributed by atoms with E-state index < -0.39 is 0 Å². The van der Waals surface area contributed by atoms with E-state index in [1.807, 2.05) is 6.92 Å². The summed E-state index contributed by atoms with van der Waals surface area (Å²) in [5.41, 5.74) is 5.40. The van der Waals surface area contributed by atoms with Gasteiger partial charge in [-0.05, 0) is 26.3 Å². The fourth-order valence-electron chi connectivity index (χ4n) is 1.53. The Labute approximate surface area is 106 Å². The first-order valence-corrected chi connectivity index (χ1v) is 6.17. The van der Waals surface area contributed by atoms with Gasteiger partial charge in [-0.15, -0.1) is 12.4 Å². The van der Waals surface area contributed by atoms with Crippen LogP contribution in [0.4, 0.5) is 0 Å². The van der Waals surface area contributed by atoms with Crippen LogP contribution < -0.4 is 5.73 Å². The second-order valence-electron chi connectivity index (χ2n) is 3.82. The lowest BCUT2D eigenvalue weighted by molar-refractivity contribution is -0.143. The molecular formula is C12H26ClNO2. The maximum Gasteiger partial charge on any atom is 0.305 e. The van der Waals surface area contributed by atoms with Crippen LogP contribution in [0.3, 0.4) is 0 Å².